The van der Waals surface area contributed by atoms with Crippen molar-refractivity contribution >= 4 is 54.1 Å². The molecule has 0 aliphatic rings. The Morgan fingerprint density at radius 3 is 2.65 bits per heavy atom. The second-order valence-corrected chi connectivity index (χ2v) is 8.90. The monoisotopic (exact) mass is 450 g/mol. The van der Waals surface area contributed by atoms with Crippen LogP contribution in [0.3, 0.4) is 0 Å². The third-order valence-electron chi connectivity index (χ3n) is 4.89. The molecule has 156 valence electrons. The molecule has 0 spiro atoms. The highest BCUT2D eigenvalue weighted by Crippen LogP contribution is 2.35. The number of amides is 1. The van der Waals surface area contributed by atoms with Gasteiger partial charge in [0, 0.05) is 18.0 Å². The van der Waals surface area contributed by atoms with Crippen LogP contribution in [-0.2, 0) is 7.05 Å². The largest absolute Gasteiger partial charge is 0.497 e. The van der Waals surface area contributed by atoms with E-state index >= 15 is 0 Å². The number of carbonyl (C=O) groups excluding carboxylic acids is 1. The quantitative estimate of drug-likeness (QED) is 0.399. The fraction of sp³-hybridized carbons (Fsp3) is 0.136. The van der Waals surface area contributed by atoms with Crippen molar-refractivity contribution in [1.82, 2.24) is 14.8 Å². The summed E-state index contributed by atoms with van der Waals surface area (Å²) in [5, 5.41) is 9.05. The van der Waals surface area contributed by atoms with Crippen molar-refractivity contribution in [2.45, 2.75) is 0 Å². The molecule has 1 N–H and O–H groups in total. The molecule has 5 aromatic rings. The van der Waals surface area contributed by atoms with Gasteiger partial charge in [0.1, 0.15) is 22.0 Å². The maximum Gasteiger partial charge on any atom is 0.267 e. The predicted octanol–water partition coefficient (Wildman–Crippen LogP) is 5.18. The molecule has 3 heterocycles. The molecule has 0 saturated heterocycles. The van der Waals surface area contributed by atoms with E-state index in [0.717, 1.165) is 43.2 Å². The van der Waals surface area contributed by atoms with Crippen molar-refractivity contribution in [3.05, 3.63) is 53.4 Å². The van der Waals surface area contributed by atoms with E-state index in [0.29, 0.717) is 10.0 Å². The molecule has 0 saturated carbocycles. The first-order chi connectivity index (χ1) is 15.1. The minimum absolute atomic E-state index is 0.191. The SMILES string of the molecule is COc1cccc(-c2nn(C)c3sc(C(=O)Nc4nc5ccc(OC)cc5s4)cc23)c1. The number of anilines is 1. The number of thiazole rings is 1. The van der Waals surface area contributed by atoms with Gasteiger partial charge in [0.15, 0.2) is 5.13 Å². The molecule has 3 aromatic heterocycles. The molecule has 31 heavy (non-hydrogen) atoms. The summed E-state index contributed by atoms with van der Waals surface area (Å²) >= 11 is 2.82. The summed E-state index contributed by atoms with van der Waals surface area (Å²) in [4.78, 5) is 19.0. The van der Waals surface area contributed by atoms with Crippen LogP contribution in [0.2, 0.25) is 0 Å². The Morgan fingerprint density at radius 2 is 1.84 bits per heavy atom. The van der Waals surface area contributed by atoms with E-state index in [2.05, 4.69) is 15.4 Å². The average molecular weight is 451 g/mol. The summed E-state index contributed by atoms with van der Waals surface area (Å²) in [5.41, 5.74) is 2.58. The summed E-state index contributed by atoms with van der Waals surface area (Å²) in [5.74, 6) is 1.33. The first kappa shape index (κ1) is 19.5. The summed E-state index contributed by atoms with van der Waals surface area (Å²) in [6.07, 6.45) is 0. The number of nitrogens with one attached hydrogen (secondary N) is 1. The summed E-state index contributed by atoms with van der Waals surface area (Å²) in [6, 6.07) is 15.3. The van der Waals surface area contributed by atoms with Crippen LogP contribution in [0.15, 0.2) is 48.5 Å². The van der Waals surface area contributed by atoms with Crippen LogP contribution in [0.4, 0.5) is 5.13 Å². The van der Waals surface area contributed by atoms with Crippen LogP contribution in [0.25, 0.3) is 31.7 Å². The lowest BCUT2D eigenvalue weighted by Gasteiger charge is -2.02. The number of hydrogen-bond donors (Lipinski definition) is 1. The zero-order chi connectivity index (χ0) is 21.5. The zero-order valence-corrected chi connectivity index (χ0v) is 18.6. The van der Waals surface area contributed by atoms with Gasteiger partial charge in [0.05, 0.1) is 29.3 Å². The molecule has 0 atom stereocenters. The Bertz CT molecular complexity index is 1430. The van der Waals surface area contributed by atoms with Crippen LogP contribution in [0.1, 0.15) is 9.67 Å². The lowest BCUT2D eigenvalue weighted by molar-refractivity contribution is 0.103. The fourth-order valence-corrected chi connectivity index (χ4v) is 5.24. The normalized spacial score (nSPS) is 11.2. The third-order valence-corrected chi connectivity index (χ3v) is 7.03. The second kappa shape index (κ2) is 7.68. The molecular weight excluding hydrogens is 432 g/mol. The van der Waals surface area contributed by atoms with Gasteiger partial charge in [-0.2, -0.15) is 5.10 Å². The van der Waals surface area contributed by atoms with Crippen LogP contribution < -0.4 is 14.8 Å². The van der Waals surface area contributed by atoms with E-state index in [1.807, 2.05) is 55.6 Å². The Balaban J connectivity index is 1.47. The topological polar surface area (TPSA) is 78.3 Å². The van der Waals surface area contributed by atoms with Gasteiger partial charge in [0.25, 0.3) is 5.91 Å². The number of aromatic nitrogens is 3. The summed E-state index contributed by atoms with van der Waals surface area (Å²) in [6.45, 7) is 0. The number of nitrogens with zero attached hydrogens (tertiary/aromatic N) is 3. The highest BCUT2D eigenvalue weighted by atomic mass is 32.1. The van der Waals surface area contributed by atoms with Crippen molar-refractivity contribution < 1.29 is 14.3 Å². The van der Waals surface area contributed by atoms with Gasteiger partial charge in [0.2, 0.25) is 0 Å². The zero-order valence-electron chi connectivity index (χ0n) is 17.0. The standard InChI is InChI=1S/C22H18N4O3S2/c1-26-21-15(19(25-26)12-5-4-6-13(9-12)28-2)11-18(30-21)20(27)24-22-23-16-8-7-14(29-3)10-17(16)31-22/h4-11H,1-3H3,(H,23,24,27). The van der Waals surface area contributed by atoms with E-state index in [1.54, 1.807) is 18.9 Å². The Labute approximate surface area is 185 Å². The van der Waals surface area contributed by atoms with Crippen molar-refractivity contribution in [3.63, 3.8) is 0 Å². The van der Waals surface area contributed by atoms with Gasteiger partial charge in [-0.3, -0.25) is 14.8 Å². The van der Waals surface area contributed by atoms with Crippen molar-refractivity contribution in [1.29, 1.82) is 0 Å². The molecule has 5 rings (SSSR count). The molecule has 0 bridgehead atoms. The van der Waals surface area contributed by atoms with E-state index in [-0.39, 0.29) is 5.91 Å². The number of thiophene rings is 1. The first-order valence-corrected chi connectivity index (χ1v) is 11.1. The first-order valence-electron chi connectivity index (χ1n) is 9.42. The maximum absolute atomic E-state index is 12.9. The van der Waals surface area contributed by atoms with Crippen molar-refractivity contribution in [2.24, 2.45) is 7.05 Å². The predicted molar refractivity (Wildman–Crippen MR) is 125 cm³/mol. The number of carbonyl (C=O) groups is 1. The van der Waals surface area contributed by atoms with Crippen molar-refractivity contribution in [2.75, 3.05) is 19.5 Å². The number of hydrogen-bond acceptors (Lipinski definition) is 7. The van der Waals surface area contributed by atoms with Gasteiger partial charge in [-0.05, 0) is 36.4 Å². The number of benzene rings is 2. The van der Waals surface area contributed by atoms with Gasteiger partial charge < -0.3 is 9.47 Å². The molecule has 0 unspecified atom stereocenters. The molecule has 9 heteroatoms. The lowest BCUT2D eigenvalue weighted by atomic mass is 10.1. The van der Waals surface area contributed by atoms with Crippen LogP contribution in [0, 0.1) is 0 Å². The van der Waals surface area contributed by atoms with Crippen LogP contribution in [-0.4, -0.2) is 34.9 Å². The summed E-state index contributed by atoms with van der Waals surface area (Å²) < 4.78 is 13.3. The van der Waals surface area contributed by atoms with Gasteiger partial charge >= 0.3 is 0 Å². The van der Waals surface area contributed by atoms with E-state index in [1.165, 1.54) is 22.7 Å². The second-order valence-electron chi connectivity index (χ2n) is 6.84. The molecule has 7 nitrogen and oxygen atoms in total. The molecule has 2 aromatic carbocycles. The number of ether oxygens (including phenoxy) is 2. The number of aryl methyl sites for hydroxylation is 1. The molecular formula is C22H18N4O3S2. The highest BCUT2D eigenvalue weighted by molar-refractivity contribution is 7.23. The van der Waals surface area contributed by atoms with Crippen LogP contribution >= 0.6 is 22.7 Å². The minimum atomic E-state index is -0.191. The number of rotatable bonds is 5. The van der Waals surface area contributed by atoms with Crippen molar-refractivity contribution in [3.8, 4) is 22.8 Å². The van der Waals surface area contributed by atoms with E-state index in [4.69, 9.17) is 9.47 Å². The number of fused-ring (bicyclic) bond motifs is 2. The van der Waals surface area contributed by atoms with Gasteiger partial charge in [-0.25, -0.2) is 4.98 Å². The molecule has 1 amide bonds. The Morgan fingerprint density at radius 1 is 1.03 bits per heavy atom. The molecule has 0 radical (unpaired) electrons. The maximum atomic E-state index is 12.9. The molecule has 0 aliphatic heterocycles. The summed E-state index contributed by atoms with van der Waals surface area (Å²) in [7, 11) is 5.14. The van der Waals surface area contributed by atoms with E-state index < -0.39 is 0 Å². The smallest absolute Gasteiger partial charge is 0.267 e. The van der Waals surface area contributed by atoms with Gasteiger partial charge in [-0.1, -0.05) is 23.5 Å². The Hall–Kier alpha value is -3.43. The minimum Gasteiger partial charge on any atom is -0.497 e. The molecule has 0 fully saturated rings. The lowest BCUT2D eigenvalue weighted by Crippen LogP contribution is -2.09. The Kier molecular flexibility index (Phi) is 4.84. The molecule has 0 aliphatic carbocycles. The highest BCUT2D eigenvalue weighted by Gasteiger charge is 2.19. The fourth-order valence-electron chi connectivity index (χ4n) is 3.38. The third kappa shape index (κ3) is 3.51. The van der Waals surface area contributed by atoms with Crippen LogP contribution in [0.5, 0.6) is 11.5 Å². The number of methoxy groups -OCH3 is 2. The average Bonchev–Trinajstić information content (AvgIpc) is 3.47. The van der Waals surface area contributed by atoms with E-state index in [9.17, 15) is 4.79 Å². The van der Waals surface area contributed by atoms with Gasteiger partial charge in [-0.15, -0.1) is 11.3 Å².